The second-order valence-corrected chi connectivity index (χ2v) is 5.93. The summed E-state index contributed by atoms with van der Waals surface area (Å²) in [4.78, 5) is 12.0. The second kappa shape index (κ2) is 6.14. The number of anilines is 1. The first-order chi connectivity index (χ1) is 8.66. The summed E-state index contributed by atoms with van der Waals surface area (Å²) in [5.41, 5.74) is 6.32. The number of thioether (sulfide) groups is 1. The van der Waals surface area contributed by atoms with Crippen molar-refractivity contribution >= 4 is 23.4 Å². The van der Waals surface area contributed by atoms with E-state index < -0.39 is 0 Å². The van der Waals surface area contributed by atoms with Crippen molar-refractivity contribution < 1.29 is 4.79 Å². The maximum absolute atomic E-state index is 10.9. The zero-order chi connectivity index (χ0) is 13.0. The van der Waals surface area contributed by atoms with Crippen LogP contribution in [0.15, 0.2) is 29.2 Å². The molecule has 0 bridgehead atoms. The standard InChI is InChI=1S/C14H20N2OS/c1-10-5-4-7-11(10)16-12-6-2-3-8-13(12)18-9-14(15)17/h2-3,6,8,10-11,16H,4-5,7,9H2,1H3,(H2,15,17). The van der Waals surface area contributed by atoms with Gasteiger partial charge in [0, 0.05) is 16.6 Å². The average Bonchev–Trinajstić information content (AvgIpc) is 2.74. The topological polar surface area (TPSA) is 55.1 Å². The Balaban J connectivity index is 2.04. The number of para-hydroxylation sites is 1. The molecule has 1 saturated carbocycles. The highest BCUT2D eigenvalue weighted by molar-refractivity contribution is 8.00. The third-order valence-corrected chi connectivity index (χ3v) is 4.56. The van der Waals surface area contributed by atoms with Crippen molar-refractivity contribution in [2.24, 2.45) is 11.7 Å². The van der Waals surface area contributed by atoms with Crippen LogP contribution in [0.1, 0.15) is 26.2 Å². The molecule has 4 heteroatoms. The lowest BCUT2D eigenvalue weighted by Crippen LogP contribution is -2.22. The Morgan fingerprint density at radius 1 is 1.44 bits per heavy atom. The van der Waals surface area contributed by atoms with Gasteiger partial charge in [-0.1, -0.05) is 25.5 Å². The van der Waals surface area contributed by atoms with Crippen molar-refractivity contribution in [3.05, 3.63) is 24.3 Å². The molecule has 1 aromatic carbocycles. The van der Waals surface area contributed by atoms with Crippen molar-refractivity contribution in [2.75, 3.05) is 11.1 Å². The lowest BCUT2D eigenvalue weighted by molar-refractivity contribution is -0.115. The summed E-state index contributed by atoms with van der Waals surface area (Å²) in [7, 11) is 0. The van der Waals surface area contributed by atoms with E-state index in [1.54, 1.807) is 0 Å². The van der Waals surface area contributed by atoms with E-state index in [9.17, 15) is 4.79 Å². The first-order valence-corrected chi connectivity index (χ1v) is 7.42. The summed E-state index contributed by atoms with van der Waals surface area (Å²) in [6.07, 6.45) is 3.83. The Hall–Kier alpha value is -1.16. The van der Waals surface area contributed by atoms with E-state index in [1.807, 2.05) is 18.2 Å². The minimum atomic E-state index is -0.274. The van der Waals surface area contributed by atoms with Crippen LogP contribution in [-0.4, -0.2) is 17.7 Å². The molecule has 2 atom stereocenters. The SMILES string of the molecule is CC1CCCC1Nc1ccccc1SCC(N)=O. The summed E-state index contributed by atoms with van der Waals surface area (Å²) >= 11 is 1.50. The number of primary amides is 1. The Morgan fingerprint density at radius 2 is 2.22 bits per heavy atom. The number of rotatable bonds is 5. The fourth-order valence-corrected chi connectivity index (χ4v) is 3.18. The Morgan fingerprint density at radius 3 is 2.89 bits per heavy atom. The number of carbonyl (C=O) groups is 1. The van der Waals surface area contributed by atoms with Crippen LogP contribution < -0.4 is 11.1 Å². The van der Waals surface area contributed by atoms with Gasteiger partial charge in [0.1, 0.15) is 0 Å². The molecule has 1 amide bonds. The van der Waals surface area contributed by atoms with Gasteiger partial charge in [0.2, 0.25) is 5.91 Å². The lowest BCUT2D eigenvalue weighted by Gasteiger charge is -2.20. The van der Waals surface area contributed by atoms with Crippen LogP contribution in [0, 0.1) is 5.92 Å². The van der Waals surface area contributed by atoms with Crippen LogP contribution in [0.2, 0.25) is 0 Å². The fraction of sp³-hybridized carbons (Fsp3) is 0.500. The summed E-state index contributed by atoms with van der Waals surface area (Å²) in [6, 6.07) is 8.69. The predicted octanol–water partition coefficient (Wildman–Crippen LogP) is 2.86. The fourth-order valence-electron chi connectivity index (χ4n) is 2.42. The summed E-state index contributed by atoms with van der Waals surface area (Å²) in [6.45, 7) is 2.30. The molecule has 2 unspecified atom stereocenters. The molecule has 1 aliphatic rings. The number of carbonyl (C=O) groups excluding carboxylic acids is 1. The van der Waals surface area contributed by atoms with Crippen LogP contribution in [0.5, 0.6) is 0 Å². The van der Waals surface area contributed by atoms with Gasteiger partial charge in [-0.15, -0.1) is 11.8 Å². The van der Waals surface area contributed by atoms with Crippen LogP contribution in [-0.2, 0) is 4.79 Å². The van der Waals surface area contributed by atoms with E-state index in [1.165, 1.54) is 31.0 Å². The molecule has 0 spiro atoms. The van der Waals surface area contributed by atoms with E-state index in [4.69, 9.17) is 5.73 Å². The molecule has 18 heavy (non-hydrogen) atoms. The summed E-state index contributed by atoms with van der Waals surface area (Å²) in [5.74, 6) is 0.780. The molecule has 1 aromatic rings. The summed E-state index contributed by atoms with van der Waals surface area (Å²) in [5, 5.41) is 3.61. The van der Waals surface area contributed by atoms with Gasteiger partial charge in [0.25, 0.3) is 0 Å². The minimum absolute atomic E-state index is 0.274. The van der Waals surface area contributed by atoms with E-state index in [0.29, 0.717) is 11.8 Å². The van der Waals surface area contributed by atoms with E-state index in [2.05, 4.69) is 18.3 Å². The normalized spacial score (nSPS) is 22.9. The van der Waals surface area contributed by atoms with Gasteiger partial charge in [-0.3, -0.25) is 4.79 Å². The molecule has 98 valence electrons. The maximum atomic E-state index is 10.9. The minimum Gasteiger partial charge on any atom is -0.381 e. The molecule has 3 nitrogen and oxygen atoms in total. The highest BCUT2D eigenvalue weighted by Gasteiger charge is 2.23. The van der Waals surface area contributed by atoms with Crippen LogP contribution in [0.4, 0.5) is 5.69 Å². The smallest absolute Gasteiger partial charge is 0.227 e. The highest BCUT2D eigenvalue weighted by Crippen LogP contribution is 2.32. The molecule has 0 heterocycles. The van der Waals surface area contributed by atoms with Crippen molar-refractivity contribution in [1.29, 1.82) is 0 Å². The van der Waals surface area contributed by atoms with Gasteiger partial charge in [0.15, 0.2) is 0 Å². The van der Waals surface area contributed by atoms with Gasteiger partial charge in [-0.05, 0) is 30.9 Å². The van der Waals surface area contributed by atoms with E-state index in [-0.39, 0.29) is 5.91 Å². The molecule has 2 rings (SSSR count). The highest BCUT2D eigenvalue weighted by atomic mass is 32.2. The third kappa shape index (κ3) is 3.42. The number of hydrogen-bond acceptors (Lipinski definition) is 3. The number of nitrogens with one attached hydrogen (secondary N) is 1. The Labute approximate surface area is 113 Å². The molecule has 0 aliphatic heterocycles. The number of benzene rings is 1. The molecule has 0 radical (unpaired) electrons. The molecule has 0 saturated heterocycles. The first kappa shape index (κ1) is 13.3. The zero-order valence-corrected chi connectivity index (χ0v) is 11.5. The number of nitrogens with two attached hydrogens (primary N) is 1. The van der Waals surface area contributed by atoms with Crippen molar-refractivity contribution in [1.82, 2.24) is 0 Å². The number of hydrogen-bond donors (Lipinski definition) is 2. The first-order valence-electron chi connectivity index (χ1n) is 6.43. The lowest BCUT2D eigenvalue weighted by atomic mass is 10.1. The van der Waals surface area contributed by atoms with Gasteiger partial charge in [-0.25, -0.2) is 0 Å². The van der Waals surface area contributed by atoms with E-state index >= 15 is 0 Å². The van der Waals surface area contributed by atoms with Crippen molar-refractivity contribution in [2.45, 2.75) is 37.1 Å². The van der Waals surface area contributed by atoms with Gasteiger partial charge < -0.3 is 11.1 Å². The maximum Gasteiger partial charge on any atom is 0.227 e. The van der Waals surface area contributed by atoms with Crippen LogP contribution in [0.25, 0.3) is 0 Å². The van der Waals surface area contributed by atoms with Crippen LogP contribution in [0.3, 0.4) is 0 Å². The zero-order valence-electron chi connectivity index (χ0n) is 10.7. The molecular formula is C14H20N2OS. The monoisotopic (exact) mass is 264 g/mol. The van der Waals surface area contributed by atoms with Gasteiger partial charge >= 0.3 is 0 Å². The number of amides is 1. The largest absolute Gasteiger partial charge is 0.381 e. The van der Waals surface area contributed by atoms with Crippen molar-refractivity contribution in [3.8, 4) is 0 Å². The third-order valence-electron chi connectivity index (χ3n) is 3.46. The van der Waals surface area contributed by atoms with E-state index in [0.717, 1.165) is 16.5 Å². The molecule has 0 aromatic heterocycles. The summed E-state index contributed by atoms with van der Waals surface area (Å²) < 4.78 is 0. The molecular weight excluding hydrogens is 244 g/mol. The molecule has 1 aliphatic carbocycles. The average molecular weight is 264 g/mol. The Bertz CT molecular complexity index is 422. The quantitative estimate of drug-likeness (QED) is 0.804. The van der Waals surface area contributed by atoms with Gasteiger partial charge in [0.05, 0.1) is 5.75 Å². The molecule has 1 fully saturated rings. The second-order valence-electron chi connectivity index (χ2n) is 4.91. The molecule has 3 N–H and O–H groups in total. The Kier molecular flexibility index (Phi) is 4.53. The van der Waals surface area contributed by atoms with Gasteiger partial charge in [-0.2, -0.15) is 0 Å². The van der Waals surface area contributed by atoms with Crippen molar-refractivity contribution in [3.63, 3.8) is 0 Å². The van der Waals surface area contributed by atoms with Crippen LogP contribution >= 0.6 is 11.8 Å². The predicted molar refractivity (Wildman–Crippen MR) is 76.8 cm³/mol.